The molecule has 1 amide bonds. The molecule has 1 rings (SSSR count). The van der Waals surface area contributed by atoms with Crippen LogP contribution < -0.4 is 5.32 Å². The van der Waals surface area contributed by atoms with Gasteiger partial charge >= 0.3 is 0 Å². The summed E-state index contributed by atoms with van der Waals surface area (Å²) in [7, 11) is 0. The fourth-order valence-electron chi connectivity index (χ4n) is 0.870. The van der Waals surface area contributed by atoms with Crippen molar-refractivity contribution in [1.29, 1.82) is 0 Å². The lowest BCUT2D eigenvalue weighted by Gasteiger charge is -1.99. The smallest absolute Gasteiger partial charge is 0.224 e. The molecule has 1 N–H and O–H groups in total. The summed E-state index contributed by atoms with van der Waals surface area (Å²) >= 11 is 3.30. The largest absolute Gasteiger partial charge is 0.363 e. The van der Waals surface area contributed by atoms with E-state index in [9.17, 15) is 4.79 Å². The van der Waals surface area contributed by atoms with Gasteiger partial charge in [-0.05, 0) is 12.8 Å². The molecule has 0 saturated carbocycles. The number of aromatic nitrogens is 1. The number of nitrogens with one attached hydrogen (secondary N) is 1. The van der Waals surface area contributed by atoms with Gasteiger partial charge in [0.25, 0.3) is 0 Å². The lowest BCUT2D eigenvalue weighted by atomic mass is 10.2. The molecule has 0 radical (unpaired) electrons. The third-order valence-corrected chi connectivity index (χ3v) is 2.06. The van der Waals surface area contributed by atoms with Crippen LogP contribution in [0.4, 0.5) is 5.69 Å². The van der Waals surface area contributed by atoms with Crippen molar-refractivity contribution in [2.75, 3.05) is 10.6 Å². The molecule has 72 valence electrons. The highest BCUT2D eigenvalue weighted by molar-refractivity contribution is 9.09. The number of halogens is 1. The maximum atomic E-state index is 11.2. The van der Waals surface area contributed by atoms with Crippen LogP contribution in [0.5, 0.6) is 0 Å². The van der Waals surface area contributed by atoms with Gasteiger partial charge in [0.15, 0.2) is 0 Å². The van der Waals surface area contributed by atoms with Crippen LogP contribution in [0, 0.1) is 0 Å². The molecule has 0 fully saturated rings. The van der Waals surface area contributed by atoms with Crippen LogP contribution in [0.1, 0.15) is 19.3 Å². The normalized spacial score (nSPS) is 9.92. The summed E-state index contributed by atoms with van der Waals surface area (Å²) in [5.41, 5.74) is 0.615. The zero-order chi connectivity index (χ0) is 9.52. The van der Waals surface area contributed by atoms with E-state index < -0.39 is 0 Å². The molecule has 0 aliphatic rings. The SMILES string of the molecule is O=C(CCCCBr)Nc1cnoc1. The molecule has 1 aromatic heterocycles. The number of rotatable bonds is 5. The number of hydrogen-bond donors (Lipinski definition) is 1. The Morgan fingerprint density at radius 3 is 3.08 bits per heavy atom. The maximum Gasteiger partial charge on any atom is 0.224 e. The predicted octanol–water partition coefficient (Wildman–Crippen LogP) is 2.18. The maximum absolute atomic E-state index is 11.2. The monoisotopic (exact) mass is 246 g/mol. The summed E-state index contributed by atoms with van der Waals surface area (Å²) in [6, 6.07) is 0. The van der Waals surface area contributed by atoms with E-state index >= 15 is 0 Å². The Kier molecular flexibility index (Phi) is 4.53. The fourth-order valence-corrected chi connectivity index (χ4v) is 1.27. The average molecular weight is 247 g/mol. The highest BCUT2D eigenvalue weighted by atomic mass is 79.9. The Bertz CT molecular complexity index is 249. The Balaban J connectivity index is 2.18. The summed E-state index contributed by atoms with van der Waals surface area (Å²) in [6.07, 6.45) is 5.32. The molecule has 1 heterocycles. The van der Waals surface area contributed by atoms with Crippen molar-refractivity contribution in [2.45, 2.75) is 19.3 Å². The van der Waals surface area contributed by atoms with Gasteiger partial charge in [-0.1, -0.05) is 21.1 Å². The number of nitrogens with zero attached hydrogens (tertiary/aromatic N) is 1. The van der Waals surface area contributed by atoms with Crippen molar-refractivity contribution in [3.05, 3.63) is 12.5 Å². The molecule has 0 aliphatic heterocycles. The molecule has 0 saturated heterocycles. The second-order valence-corrected chi connectivity index (χ2v) is 3.40. The van der Waals surface area contributed by atoms with E-state index in [0.717, 1.165) is 18.2 Å². The Labute approximate surface area is 84.8 Å². The minimum absolute atomic E-state index is 0.00384. The predicted molar refractivity (Wildman–Crippen MR) is 52.8 cm³/mol. The molecule has 0 spiro atoms. The van der Waals surface area contributed by atoms with Crippen LogP contribution in [0.3, 0.4) is 0 Å². The molecule has 0 aromatic carbocycles. The summed E-state index contributed by atoms with van der Waals surface area (Å²) in [4.78, 5) is 11.2. The molecule has 0 unspecified atom stereocenters. The summed E-state index contributed by atoms with van der Waals surface area (Å²) in [5.74, 6) is 0.00384. The number of hydrogen-bond acceptors (Lipinski definition) is 3. The summed E-state index contributed by atoms with van der Waals surface area (Å²) < 4.78 is 4.57. The van der Waals surface area contributed by atoms with Gasteiger partial charge in [-0.25, -0.2) is 0 Å². The van der Waals surface area contributed by atoms with Crippen LogP contribution >= 0.6 is 15.9 Å². The minimum Gasteiger partial charge on any atom is -0.363 e. The minimum atomic E-state index is 0.00384. The summed E-state index contributed by atoms with van der Waals surface area (Å²) in [5, 5.41) is 7.08. The summed E-state index contributed by atoms with van der Waals surface area (Å²) in [6.45, 7) is 0. The Morgan fingerprint density at radius 2 is 2.46 bits per heavy atom. The van der Waals surface area contributed by atoms with E-state index in [1.54, 1.807) is 0 Å². The van der Waals surface area contributed by atoms with Gasteiger partial charge in [-0.3, -0.25) is 4.79 Å². The number of carbonyl (C=O) groups is 1. The van der Waals surface area contributed by atoms with E-state index in [1.807, 2.05) is 0 Å². The zero-order valence-corrected chi connectivity index (χ0v) is 8.71. The molecule has 0 atom stereocenters. The molecular formula is C8H11BrN2O2. The molecule has 13 heavy (non-hydrogen) atoms. The van der Waals surface area contributed by atoms with Gasteiger partial charge < -0.3 is 9.84 Å². The number of unbranched alkanes of at least 4 members (excludes halogenated alkanes) is 1. The highest BCUT2D eigenvalue weighted by Crippen LogP contribution is 2.06. The standard InChI is InChI=1S/C8H11BrN2O2/c9-4-2-1-3-8(12)11-7-5-10-13-6-7/h5-6H,1-4H2,(H,11,12). The quantitative estimate of drug-likeness (QED) is 0.640. The van der Waals surface area contributed by atoms with Gasteiger partial charge in [-0.2, -0.15) is 0 Å². The van der Waals surface area contributed by atoms with Crippen molar-refractivity contribution < 1.29 is 9.32 Å². The molecule has 0 aliphatic carbocycles. The lowest BCUT2D eigenvalue weighted by Crippen LogP contribution is -2.10. The topological polar surface area (TPSA) is 55.1 Å². The second-order valence-electron chi connectivity index (χ2n) is 2.61. The Morgan fingerprint density at radius 1 is 1.62 bits per heavy atom. The van der Waals surface area contributed by atoms with Crippen molar-refractivity contribution in [2.24, 2.45) is 0 Å². The van der Waals surface area contributed by atoms with E-state index in [-0.39, 0.29) is 5.91 Å². The van der Waals surface area contributed by atoms with Crippen LogP contribution in [0.15, 0.2) is 17.0 Å². The van der Waals surface area contributed by atoms with Gasteiger partial charge in [-0.15, -0.1) is 0 Å². The van der Waals surface area contributed by atoms with Crippen LogP contribution in [0.2, 0.25) is 0 Å². The van der Waals surface area contributed by atoms with Crippen molar-refractivity contribution >= 4 is 27.5 Å². The van der Waals surface area contributed by atoms with Crippen LogP contribution in [-0.2, 0) is 4.79 Å². The first-order valence-electron chi connectivity index (χ1n) is 4.08. The number of carbonyl (C=O) groups excluding carboxylic acids is 1. The first-order chi connectivity index (χ1) is 6.33. The highest BCUT2D eigenvalue weighted by Gasteiger charge is 2.02. The molecule has 0 bridgehead atoms. The van der Waals surface area contributed by atoms with E-state index in [0.29, 0.717) is 12.1 Å². The van der Waals surface area contributed by atoms with Crippen molar-refractivity contribution in [1.82, 2.24) is 5.16 Å². The zero-order valence-electron chi connectivity index (χ0n) is 7.12. The van der Waals surface area contributed by atoms with Gasteiger partial charge in [0.2, 0.25) is 5.91 Å². The van der Waals surface area contributed by atoms with Crippen LogP contribution in [-0.4, -0.2) is 16.4 Å². The van der Waals surface area contributed by atoms with Crippen molar-refractivity contribution in [3.8, 4) is 0 Å². The molecule has 4 nitrogen and oxygen atoms in total. The number of anilines is 1. The first kappa shape index (κ1) is 10.2. The third-order valence-electron chi connectivity index (χ3n) is 1.50. The van der Waals surface area contributed by atoms with E-state index in [2.05, 4.69) is 30.9 Å². The third kappa shape index (κ3) is 4.07. The number of amides is 1. The van der Waals surface area contributed by atoms with Gasteiger partial charge in [0, 0.05) is 11.8 Å². The van der Waals surface area contributed by atoms with Crippen LogP contribution in [0.25, 0.3) is 0 Å². The Hall–Kier alpha value is -0.840. The average Bonchev–Trinajstić information content (AvgIpc) is 2.57. The van der Waals surface area contributed by atoms with Gasteiger partial charge in [0.1, 0.15) is 12.0 Å². The van der Waals surface area contributed by atoms with E-state index in [1.165, 1.54) is 12.5 Å². The second kappa shape index (κ2) is 5.75. The fraction of sp³-hybridized carbons (Fsp3) is 0.500. The van der Waals surface area contributed by atoms with Crippen molar-refractivity contribution in [3.63, 3.8) is 0 Å². The number of alkyl halides is 1. The molecular weight excluding hydrogens is 236 g/mol. The molecule has 1 aromatic rings. The van der Waals surface area contributed by atoms with E-state index in [4.69, 9.17) is 0 Å². The lowest BCUT2D eigenvalue weighted by molar-refractivity contribution is -0.116. The molecule has 5 heteroatoms. The van der Waals surface area contributed by atoms with Gasteiger partial charge in [0.05, 0.1) is 6.20 Å². The first-order valence-corrected chi connectivity index (χ1v) is 5.20.